The minimum Gasteiger partial charge on any atom is -0.496 e. The Balaban J connectivity index is 2.36. The number of alkyl halides is 3. The van der Waals surface area contributed by atoms with Crippen LogP contribution in [0.3, 0.4) is 0 Å². The van der Waals surface area contributed by atoms with Crippen LogP contribution in [0.1, 0.15) is 5.56 Å². The van der Waals surface area contributed by atoms with Gasteiger partial charge in [-0.3, -0.25) is 9.36 Å². The number of ether oxygens (including phenoxy) is 1. The molecule has 0 saturated heterocycles. The van der Waals surface area contributed by atoms with Crippen LogP contribution >= 0.6 is 0 Å². The predicted octanol–water partition coefficient (Wildman–Crippen LogP) is 3.41. The van der Waals surface area contributed by atoms with Crippen LogP contribution in [0.15, 0.2) is 53.6 Å². The molecule has 0 atom stereocenters. The first-order valence-electron chi connectivity index (χ1n) is 6.64. The Morgan fingerprint density at radius 1 is 1.09 bits per heavy atom. The minimum atomic E-state index is -4.58. The van der Waals surface area contributed by atoms with Gasteiger partial charge in [0.05, 0.1) is 23.9 Å². The normalized spacial score (nSPS) is 11.7. The fraction of sp³-hybridized carbons (Fsp3) is 0.125. The van der Waals surface area contributed by atoms with Gasteiger partial charge in [0, 0.05) is 0 Å². The number of nitrogens with zero attached hydrogens (tertiary/aromatic N) is 2. The van der Waals surface area contributed by atoms with Gasteiger partial charge < -0.3 is 4.74 Å². The highest BCUT2D eigenvalue weighted by Gasteiger charge is 2.34. The highest BCUT2D eigenvalue weighted by Crippen LogP contribution is 2.33. The van der Waals surface area contributed by atoms with Crippen molar-refractivity contribution >= 4 is 10.9 Å². The van der Waals surface area contributed by atoms with Crippen molar-refractivity contribution in [2.75, 3.05) is 7.11 Å². The van der Waals surface area contributed by atoms with E-state index in [9.17, 15) is 18.0 Å². The molecule has 0 aliphatic heterocycles. The fourth-order valence-electron chi connectivity index (χ4n) is 2.40. The van der Waals surface area contributed by atoms with Crippen molar-refractivity contribution in [3.8, 4) is 11.4 Å². The Labute approximate surface area is 128 Å². The average molecular weight is 320 g/mol. The summed E-state index contributed by atoms with van der Waals surface area (Å²) in [5, 5.41) is 0.134. The molecule has 0 fully saturated rings. The number of methoxy groups -OCH3 is 1. The quantitative estimate of drug-likeness (QED) is 0.727. The Kier molecular flexibility index (Phi) is 3.55. The second-order valence-electron chi connectivity index (χ2n) is 4.79. The number of rotatable bonds is 2. The van der Waals surface area contributed by atoms with E-state index in [4.69, 9.17) is 4.74 Å². The van der Waals surface area contributed by atoms with Gasteiger partial charge >= 0.3 is 6.18 Å². The van der Waals surface area contributed by atoms with E-state index in [2.05, 4.69) is 4.98 Å². The molecule has 1 aromatic heterocycles. The summed E-state index contributed by atoms with van der Waals surface area (Å²) in [4.78, 5) is 16.7. The van der Waals surface area contributed by atoms with Crippen LogP contribution in [0.25, 0.3) is 16.6 Å². The van der Waals surface area contributed by atoms with Crippen LogP contribution in [0.5, 0.6) is 5.75 Å². The number of hydrogen-bond acceptors (Lipinski definition) is 3. The molecule has 0 N–H and O–H groups in total. The van der Waals surface area contributed by atoms with E-state index in [0.29, 0.717) is 5.52 Å². The maximum Gasteiger partial charge on any atom is 0.418 e. The van der Waals surface area contributed by atoms with Crippen LogP contribution in [0.2, 0.25) is 0 Å². The molecule has 0 aliphatic rings. The first kappa shape index (κ1) is 15.1. The maximum atomic E-state index is 13.2. The van der Waals surface area contributed by atoms with E-state index in [1.165, 1.54) is 25.3 Å². The second-order valence-corrected chi connectivity index (χ2v) is 4.79. The Hall–Kier alpha value is -2.83. The Morgan fingerprint density at radius 3 is 2.52 bits per heavy atom. The van der Waals surface area contributed by atoms with Crippen molar-refractivity contribution in [3.63, 3.8) is 0 Å². The van der Waals surface area contributed by atoms with Crippen LogP contribution in [-0.4, -0.2) is 16.7 Å². The van der Waals surface area contributed by atoms with E-state index in [0.717, 1.165) is 17.0 Å². The van der Waals surface area contributed by atoms with E-state index >= 15 is 0 Å². The van der Waals surface area contributed by atoms with Gasteiger partial charge in [-0.05, 0) is 24.3 Å². The SMILES string of the molecule is COc1cccc2ncn(-c3ccccc3C(F)(F)F)c(=O)c12. The molecule has 0 amide bonds. The zero-order valence-corrected chi connectivity index (χ0v) is 12.0. The van der Waals surface area contributed by atoms with Gasteiger partial charge in [0.1, 0.15) is 17.5 Å². The van der Waals surface area contributed by atoms with Gasteiger partial charge in [-0.1, -0.05) is 18.2 Å². The summed E-state index contributed by atoms with van der Waals surface area (Å²) in [6.45, 7) is 0. The standard InChI is InChI=1S/C16H11F3N2O2/c1-23-13-8-4-6-11-14(13)15(22)21(9-20-11)12-7-3-2-5-10(12)16(17,18)19/h2-9H,1H3. The fourth-order valence-corrected chi connectivity index (χ4v) is 2.40. The van der Waals surface area contributed by atoms with Crippen molar-refractivity contribution < 1.29 is 17.9 Å². The molecule has 7 heteroatoms. The largest absolute Gasteiger partial charge is 0.496 e. The van der Waals surface area contributed by atoms with Gasteiger partial charge in [-0.25, -0.2) is 4.98 Å². The minimum absolute atomic E-state index is 0.134. The van der Waals surface area contributed by atoms with E-state index in [1.807, 2.05) is 0 Å². The second kappa shape index (κ2) is 5.42. The summed E-state index contributed by atoms with van der Waals surface area (Å²) in [6.07, 6.45) is -3.49. The topological polar surface area (TPSA) is 44.1 Å². The van der Waals surface area contributed by atoms with Gasteiger partial charge in [0.25, 0.3) is 5.56 Å². The van der Waals surface area contributed by atoms with E-state index < -0.39 is 17.3 Å². The third-order valence-electron chi connectivity index (χ3n) is 3.44. The Morgan fingerprint density at radius 2 is 1.83 bits per heavy atom. The van der Waals surface area contributed by atoms with Crippen LogP contribution in [0, 0.1) is 0 Å². The van der Waals surface area contributed by atoms with E-state index in [-0.39, 0.29) is 16.8 Å². The van der Waals surface area contributed by atoms with Crippen molar-refractivity contribution in [3.05, 3.63) is 64.7 Å². The lowest BCUT2D eigenvalue weighted by atomic mass is 10.1. The molecule has 0 saturated carbocycles. The molecule has 0 bridgehead atoms. The summed E-state index contributed by atoms with van der Waals surface area (Å²) >= 11 is 0. The molecular formula is C16H11F3N2O2. The lowest BCUT2D eigenvalue weighted by Crippen LogP contribution is -2.22. The van der Waals surface area contributed by atoms with Crippen LogP contribution in [-0.2, 0) is 6.18 Å². The molecule has 118 valence electrons. The van der Waals surface area contributed by atoms with Gasteiger partial charge in [-0.2, -0.15) is 13.2 Å². The van der Waals surface area contributed by atoms with Gasteiger partial charge in [0.15, 0.2) is 0 Å². The molecule has 2 aromatic carbocycles. The first-order valence-corrected chi connectivity index (χ1v) is 6.64. The van der Waals surface area contributed by atoms with Crippen LogP contribution < -0.4 is 10.3 Å². The molecule has 4 nitrogen and oxygen atoms in total. The van der Waals surface area contributed by atoms with Crippen molar-refractivity contribution in [1.82, 2.24) is 9.55 Å². The summed E-state index contributed by atoms with van der Waals surface area (Å²) in [5.74, 6) is 0.263. The number of para-hydroxylation sites is 1. The van der Waals surface area contributed by atoms with E-state index in [1.54, 1.807) is 18.2 Å². The number of fused-ring (bicyclic) bond motifs is 1. The number of halogens is 3. The first-order chi connectivity index (χ1) is 10.9. The smallest absolute Gasteiger partial charge is 0.418 e. The number of aromatic nitrogens is 2. The third-order valence-corrected chi connectivity index (χ3v) is 3.44. The zero-order valence-electron chi connectivity index (χ0n) is 12.0. The number of benzene rings is 2. The highest BCUT2D eigenvalue weighted by atomic mass is 19.4. The van der Waals surface area contributed by atoms with Crippen molar-refractivity contribution in [2.45, 2.75) is 6.18 Å². The summed E-state index contributed by atoms with van der Waals surface area (Å²) in [6, 6.07) is 9.67. The van der Waals surface area contributed by atoms with Crippen molar-refractivity contribution in [1.29, 1.82) is 0 Å². The molecule has 0 spiro atoms. The molecule has 3 aromatic rings. The van der Waals surface area contributed by atoms with Crippen molar-refractivity contribution in [2.24, 2.45) is 0 Å². The summed E-state index contributed by atoms with van der Waals surface area (Å²) < 4.78 is 45.5. The molecule has 0 unspecified atom stereocenters. The summed E-state index contributed by atoms with van der Waals surface area (Å²) in [7, 11) is 1.38. The monoisotopic (exact) mass is 320 g/mol. The van der Waals surface area contributed by atoms with Gasteiger partial charge in [0.2, 0.25) is 0 Å². The van der Waals surface area contributed by atoms with Crippen LogP contribution in [0.4, 0.5) is 13.2 Å². The lowest BCUT2D eigenvalue weighted by Gasteiger charge is -2.14. The molecule has 0 aliphatic carbocycles. The molecule has 23 heavy (non-hydrogen) atoms. The number of hydrogen-bond donors (Lipinski definition) is 0. The molecule has 1 heterocycles. The zero-order chi connectivity index (χ0) is 16.6. The Bertz CT molecular complexity index is 932. The summed E-state index contributed by atoms with van der Waals surface area (Å²) in [5.41, 5.74) is -1.44. The van der Waals surface area contributed by atoms with Gasteiger partial charge in [-0.15, -0.1) is 0 Å². The molecular weight excluding hydrogens is 309 g/mol. The molecule has 3 rings (SSSR count). The predicted molar refractivity (Wildman–Crippen MR) is 78.9 cm³/mol. The highest BCUT2D eigenvalue weighted by molar-refractivity contribution is 5.84. The average Bonchev–Trinajstić information content (AvgIpc) is 2.54. The maximum absolute atomic E-state index is 13.2. The molecule has 0 radical (unpaired) electrons. The third kappa shape index (κ3) is 2.54. The lowest BCUT2D eigenvalue weighted by molar-refractivity contribution is -0.137.